The van der Waals surface area contributed by atoms with Crippen LogP contribution in [0.1, 0.15) is 54.6 Å². The van der Waals surface area contributed by atoms with E-state index in [4.69, 9.17) is 4.74 Å². The van der Waals surface area contributed by atoms with Gasteiger partial charge in [0.05, 0.1) is 25.2 Å². The fourth-order valence-corrected chi connectivity index (χ4v) is 4.86. The van der Waals surface area contributed by atoms with Crippen molar-refractivity contribution in [3.05, 3.63) is 70.2 Å². The summed E-state index contributed by atoms with van der Waals surface area (Å²) in [4.78, 5) is 27.8. The number of Topliss-reactive ketones (excluding diaryl/α,β-unsaturated/α-hetero) is 1. The van der Waals surface area contributed by atoms with Gasteiger partial charge in [-0.25, -0.2) is 0 Å². The van der Waals surface area contributed by atoms with Crippen LogP contribution in [0.5, 0.6) is 5.75 Å². The van der Waals surface area contributed by atoms with Gasteiger partial charge in [-0.3, -0.25) is 14.5 Å². The Balaban J connectivity index is 1.80. The molecule has 172 valence electrons. The molecule has 0 saturated carbocycles. The maximum atomic E-state index is 13.2. The van der Waals surface area contributed by atoms with Gasteiger partial charge < -0.3 is 9.84 Å². The Morgan fingerprint density at radius 2 is 1.67 bits per heavy atom. The summed E-state index contributed by atoms with van der Waals surface area (Å²) in [5, 5.41) is 20.5. The second kappa shape index (κ2) is 8.68. The number of anilines is 1. The van der Waals surface area contributed by atoms with Gasteiger partial charge in [-0.1, -0.05) is 68.5 Å². The second-order valence-electron chi connectivity index (χ2n) is 9.20. The number of hydrogen-bond acceptors (Lipinski definition) is 7. The topological polar surface area (TPSA) is 92.6 Å². The van der Waals surface area contributed by atoms with Crippen LogP contribution in [0, 0.1) is 12.8 Å². The van der Waals surface area contributed by atoms with Crippen LogP contribution in [0.3, 0.4) is 0 Å². The van der Waals surface area contributed by atoms with E-state index in [9.17, 15) is 14.7 Å². The molecule has 1 N–H and O–H groups in total. The maximum Gasteiger partial charge on any atom is 0.297 e. The van der Waals surface area contributed by atoms with E-state index in [2.05, 4.69) is 31.0 Å². The zero-order chi connectivity index (χ0) is 23.9. The van der Waals surface area contributed by atoms with Crippen molar-refractivity contribution >= 4 is 28.2 Å². The van der Waals surface area contributed by atoms with Crippen LogP contribution in [-0.4, -0.2) is 34.1 Å². The van der Waals surface area contributed by atoms with E-state index < -0.39 is 29.8 Å². The molecule has 3 aromatic rings. The molecular formula is C25H27N3O4S. The minimum absolute atomic E-state index is 0.0438. The molecular weight excluding hydrogens is 438 g/mol. The number of carbonyl (C=O) groups is 2. The first kappa shape index (κ1) is 23.1. The zero-order valence-electron chi connectivity index (χ0n) is 19.3. The third-order valence-electron chi connectivity index (χ3n) is 5.99. The van der Waals surface area contributed by atoms with Crippen LogP contribution >= 0.6 is 11.3 Å². The average molecular weight is 466 g/mol. The van der Waals surface area contributed by atoms with Crippen molar-refractivity contribution in [3.63, 3.8) is 0 Å². The van der Waals surface area contributed by atoms with Crippen LogP contribution in [0.25, 0.3) is 0 Å². The molecule has 1 amide bonds. The number of nitrogens with zero attached hydrogens (tertiary/aromatic N) is 3. The van der Waals surface area contributed by atoms with Crippen molar-refractivity contribution in [2.45, 2.75) is 45.3 Å². The van der Waals surface area contributed by atoms with Gasteiger partial charge in [-0.2, -0.15) is 0 Å². The van der Waals surface area contributed by atoms with Crippen molar-refractivity contribution in [1.29, 1.82) is 0 Å². The summed E-state index contributed by atoms with van der Waals surface area (Å²) in [6, 6.07) is 14.0. The molecule has 2 heterocycles. The Hall–Kier alpha value is -3.10. The molecule has 0 bridgehead atoms. The Kier molecular flexibility index (Phi) is 6.07. The summed E-state index contributed by atoms with van der Waals surface area (Å²) in [6.07, 6.45) is -1.18. The summed E-state index contributed by atoms with van der Waals surface area (Å²) in [5.74, 6) is -1.68. The molecule has 3 atom stereocenters. The van der Waals surface area contributed by atoms with Crippen LogP contribution in [0.4, 0.5) is 5.13 Å². The number of amides is 1. The smallest absolute Gasteiger partial charge is 0.297 e. The van der Waals surface area contributed by atoms with Crippen LogP contribution in [-0.2, 0) is 15.0 Å². The highest BCUT2D eigenvalue weighted by Crippen LogP contribution is 2.46. The third kappa shape index (κ3) is 4.28. The van der Waals surface area contributed by atoms with Gasteiger partial charge >= 0.3 is 0 Å². The number of aromatic nitrogens is 2. The maximum absolute atomic E-state index is 13.2. The minimum atomic E-state index is -1.18. The van der Waals surface area contributed by atoms with E-state index in [0.717, 1.165) is 11.1 Å². The van der Waals surface area contributed by atoms with E-state index in [1.807, 2.05) is 24.3 Å². The molecule has 1 aliphatic heterocycles. The molecule has 1 fully saturated rings. The normalized spacial score (nSPS) is 19.8. The number of carbonyl (C=O) groups excluding carboxylic acids is 2. The van der Waals surface area contributed by atoms with Crippen molar-refractivity contribution in [3.8, 4) is 5.75 Å². The SMILES string of the molecule is COc1ccc(C(O)C2C(=O)C(=O)N(c3nnc(C)s3)C2c2ccc(C(C)(C)C)cc2)cc1. The van der Waals surface area contributed by atoms with Gasteiger partial charge in [0.1, 0.15) is 10.8 Å². The summed E-state index contributed by atoms with van der Waals surface area (Å²) >= 11 is 1.24. The van der Waals surface area contributed by atoms with E-state index >= 15 is 0 Å². The van der Waals surface area contributed by atoms with Crippen molar-refractivity contribution in [1.82, 2.24) is 10.2 Å². The summed E-state index contributed by atoms with van der Waals surface area (Å²) in [7, 11) is 1.56. The number of aryl methyl sites for hydroxylation is 1. The van der Waals surface area contributed by atoms with Gasteiger partial charge in [0.15, 0.2) is 0 Å². The molecule has 0 aliphatic carbocycles. The van der Waals surface area contributed by atoms with Gasteiger partial charge in [0.25, 0.3) is 5.91 Å². The molecule has 4 rings (SSSR count). The van der Waals surface area contributed by atoms with E-state index in [1.54, 1.807) is 38.3 Å². The highest BCUT2D eigenvalue weighted by molar-refractivity contribution is 7.15. The van der Waals surface area contributed by atoms with Crippen LogP contribution < -0.4 is 9.64 Å². The number of hydrogen-bond donors (Lipinski definition) is 1. The molecule has 1 aromatic heterocycles. The van der Waals surface area contributed by atoms with Crippen molar-refractivity contribution in [2.24, 2.45) is 5.92 Å². The summed E-state index contributed by atoms with van der Waals surface area (Å²) in [6.45, 7) is 8.16. The molecule has 7 nitrogen and oxygen atoms in total. The number of ether oxygens (including phenoxy) is 1. The first-order valence-corrected chi connectivity index (χ1v) is 11.5. The lowest BCUT2D eigenvalue weighted by Gasteiger charge is -2.29. The largest absolute Gasteiger partial charge is 0.497 e. The molecule has 0 radical (unpaired) electrons. The molecule has 1 saturated heterocycles. The van der Waals surface area contributed by atoms with E-state index in [0.29, 0.717) is 21.5 Å². The highest BCUT2D eigenvalue weighted by Gasteiger charge is 2.53. The monoisotopic (exact) mass is 465 g/mol. The van der Waals surface area contributed by atoms with Crippen LogP contribution in [0.2, 0.25) is 0 Å². The van der Waals surface area contributed by atoms with Gasteiger partial charge in [-0.15, -0.1) is 10.2 Å². The standard InChI is InChI=1S/C25H27N3O4S/c1-14-26-27-24(33-14)28-20(15-6-10-17(11-7-15)25(2,3)4)19(22(30)23(28)31)21(29)16-8-12-18(32-5)13-9-16/h6-13,19-21,29H,1-5H3. The summed E-state index contributed by atoms with van der Waals surface area (Å²) < 4.78 is 5.19. The lowest BCUT2D eigenvalue weighted by Crippen LogP contribution is -2.30. The molecule has 2 aromatic carbocycles. The Morgan fingerprint density at radius 3 is 2.18 bits per heavy atom. The van der Waals surface area contributed by atoms with Crippen LogP contribution in [0.15, 0.2) is 48.5 Å². The minimum Gasteiger partial charge on any atom is -0.497 e. The number of aliphatic hydroxyl groups excluding tert-OH is 1. The van der Waals surface area contributed by atoms with Crippen molar-refractivity contribution < 1.29 is 19.4 Å². The predicted octanol–water partition coefficient (Wildman–Crippen LogP) is 4.16. The lowest BCUT2D eigenvalue weighted by atomic mass is 9.82. The third-order valence-corrected chi connectivity index (χ3v) is 6.83. The van der Waals surface area contributed by atoms with E-state index in [-0.39, 0.29) is 5.41 Å². The molecule has 3 unspecified atom stereocenters. The summed E-state index contributed by atoms with van der Waals surface area (Å²) in [5.41, 5.74) is 2.38. The van der Waals surface area contributed by atoms with Gasteiger partial charge in [0.2, 0.25) is 10.9 Å². The number of aliphatic hydroxyl groups is 1. The number of rotatable bonds is 5. The van der Waals surface area contributed by atoms with Gasteiger partial charge in [0, 0.05) is 0 Å². The predicted molar refractivity (Wildman–Crippen MR) is 126 cm³/mol. The average Bonchev–Trinajstić information content (AvgIpc) is 3.33. The quantitative estimate of drug-likeness (QED) is 0.569. The second-order valence-corrected chi connectivity index (χ2v) is 10.4. The lowest BCUT2D eigenvalue weighted by molar-refractivity contribution is -0.137. The number of methoxy groups -OCH3 is 1. The number of ketones is 1. The zero-order valence-corrected chi connectivity index (χ0v) is 20.1. The molecule has 8 heteroatoms. The molecule has 1 aliphatic rings. The fourth-order valence-electron chi connectivity index (χ4n) is 4.14. The molecule has 33 heavy (non-hydrogen) atoms. The van der Waals surface area contributed by atoms with E-state index in [1.165, 1.54) is 16.2 Å². The Bertz CT molecular complexity index is 1170. The fraction of sp³-hybridized carbons (Fsp3) is 0.360. The number of benzene rings is 2. The first-order valence-electron chi connectivity index (χ1n) is 10.7. The van der Waals surface area contributed by atoms with Crippen molar-refractivity contribution in [2.75, 3.05) is 12.0 Å². The molecule has 0 spiro atoms. The Morgan fingerprint density at radius 1 is 1.03 bits per heavy atom. The Labute approximate surface area is 197 Å². The van der Waals surface area contributed by atoms with Gasteiger partial charge in [-0.05, 0) is 41.2 Å². The highest BCUT2D eigenvalue weighted by atomic mass is 32.1. The first-order chi connectivity index (χ1) is 15.6.